The lowest BCUT2D eigenvalue weighted by Gasteiger charge is -2.14. The smallest absolute Gasteiger partial charge is 0.0258 e. The summed E-state index contributed by atoms with van der Waals surface area (Å²) in [6.07, 6.45) is 2.07. The first kappa shape index (κ1) is 14.6. The first-order chi connectivity index (χ1) is 9.17. The van der Waals surface area contributed by atoms with E-state index in [1.54, 1.807) is 0 Å². The monoisotopic (exact) mass is 336 g/mol. The maximum Gasteiger partial charge on any atom is 0.0258 e. The van der Waals surface area contributed by atoms with Gasteiger partial charge in [0.2, 0.25) is 0 Å². The van der Waals surface area contributed by atoms with Crippen LogP contribution in [0.3, 0.4) is 0 Å². The first-order valence-corrected chi connectivity index (χ1v) is 7.86. The van der Waals surface area contributed by atoms with Gasteiger partial charge in [0, 0.05) is 10.4 Å². The molecule has 0 fully saturated rings. The molecule has 0 aliphatic rings. The molecular weight excluding hydrogens is 320 g/mol. The Balaban J connectivity index is 2.00. The fourth-order valence-corrected chi connectivity index (χ4v) is 2.68. The minimum Gasteiger partial charge on any atom is -0.126 e. The Morgan fingerprint density at radius 1 is 0.895 bits per heavy atom. The van der Waals surface area contributed by atoms with E-state index >= 15 is 0 Å². The molecular formula is C17H18BrCl. The van der Waals surface area contributed by atoms with Crippen LogP contribution in [0.4, 0.5) is 0 Å². The normalized spacial score (nSPS) is 12.4. The predicted molar refractivity (Wildman–Crippen MR) is 86.9 cm³/mol. The van der Waals surface area contributed by atoms with Crippen molar-refractivity contribution in [3.63, 3.8) is 0 Å². The molecule has 0 bridgehead atoms. The lowest BCUT2D eigenvalue weighted by molar-refractivity contribution is 0.584. The Morgan fingerprint density at radius 3 is 1.84 bits per heavy atom. The van der Waals surface area contributed by atoms with Crippen LogP contribution in [-0.2, 0) is 12.8 Å². The Labute approximate surface area is 128 Å². The van der Waals surface area contributed by atoms with Crippen molar-refractivity contribution in [2.45, 2.75) is 19.8 Å². The zero-order chi connectivity index (χ0) is 13.7. The van der Waals surface area contributed by atoms with Crippen LogP contribution >= 0.6 is 27.5 Å². The van der Waals surface area contributed by atoms with Crippen LogP contribution in [0.2, 0.25) is 0 Å². The number of alkyl halides is 1. The highest BCUT2D eigenvalue weighted by atomic mass is 79.9. The van der Waals surface area contributed by atoms with E-state index in [1.165, 1.54) is 16.7 Å². The lowest BCUT2D eigenvalue weighted by atomic mass is 9.94. The third-order valence-electron chi connectivity index (χ3n) is 3.30. The van der Waals surface area contributed by atoms with Gasteiger partial charge >= 0.3 is 0 Å². The third-order valence-corrected chi connectivity index (χ3v) is 4.27. The van der Waals surface area contributed by atoms with E-state index in [0.717, 1.165) is 17.3 Å². The average molecular weight is 338 g/mol. The molecule has 2 heteroatoms. The summed E-state index contributed by atoms with van der Waals surface area (Å²) in [6, 6.07) is 17.3. The summed E-state index contributed by atoms with van der Waals surface area (Å²) in [5.74, 6) is 1.19. The second-order valence-electron chi connectivity index (χ2n) is 5.04. The van der Waals surface area contributed by atoms with E-state index in [9.17, 15) is 0 Å². The maximum absolute atomic E-state index is 6.12. The third kappa shape index (κ3) is 4.67. The predicted octanol–water partition coefficient (Wildman–Crippen LogP) is 5.40. The Morgan fingerprint density at radius 2 is 1.37 bits per heavy atom. The first-order valence-electron chi connectivity index (χ1n) is 6.53. The van der Waals surface area contributed by atoms with Crippen molar-refractivity contribution in [3.05, 3.63) is 69.7 Å². The number of hydrogen-bond donors (Lipinski definition) is 0. The van der Waals surface area contributed by atoms with Crippen molar-refractivity contribution in [1.29, 1.82) is 0 Å². The van der Waals surface area contributed by atoms with Gasteiger partial charge in [0.25, 0.3) is 0 Å². The van der Waals surface area contributed by atoms with Gasteiger partial charge in [-0.1, -0.05) is 57.9 Å². The fourth-order valence-electron chi connectivity index (χ4n) is 2.19. The molecule has 0 nitrogen and oxygen atoms in total. The van der Waals surface area contributed by atoms with Gasteiger partial charge in [0.1, 0.15) is 0 Å². The largest absolute Gasteiger partial charge is 0.126 e. The summed E-state index contributed by atoms with van der Waals surface area (Å²) in [4.78, 5) is 0. The molecule has 100 valence electrons. The molecule has 0 heterocycles. The highest BCUT2D eigenvalue weighted by molar-refractivity contribution is 9.10. The molecule has 0 aliphatic carbocycles. The molecule has 0 amide bonds. The highest BCUT2D eigenvalue weighted by Crippen LogP contribution is 2.18. The molecule has 1 atom stereocenters. The molecule has 0 aliphatic heterocycles. The molecule has 0 N–H and O–H groups in total. The Hall–Kier alpha value is -0.790. The van der Waals surface area contributed by atoms with Crippen molar-refractivity contribution >= 4 is 27.5 Å². The van der Waals surface area contributed by atoms with E-state index in [0.29, 0.717) is 11.8 Å². The van der Waals surface area contributed by atoms with Crippen LogP contribution in [0, 0.1) is 12.8 Å². The van der Waals surface area contributed by atoms with E-state index in [2.05, 4.69) is 71.4 Å². The van der Waals surface area contributed by atoms with E-state index in [4.69, 9.17) is 11.6 Å². The van der Waals surface area contributed by atoms with Crippen molar-refractivity contribution in [2.24, 2.45) is 5.92 Å². The minimum atomic E-state index is 0.491. The zero-order valence-electron chi connectivity index (χ0n) is 11.1. The highest BCUT2D eigenvalue weighted by Gasteiger charge is 2.09. The average Bonchev–Trinajstić information content (AvgIpc) is 2.43. The van der Waals surface area contributed by atoms with Gasteiger partial charge in [0.15, 0.2) is 0 Å². The number of halogens is 2. The van der Waals surface area contributed by atoms with Crippen LogP contribution in [0.1, 0.15) is 16.7 Å². The lowest BCUT2D eigenvalue weighted by Crippen LogP contribution is -2.10. The molecule has 2 rings (SSSR count). The van der Waals surface area contributed by atoms with Crippen LogP contribution < -0.4 is 0 Å². The van der Waals surface area contributed by atoms with Crippen molar-refractivity contribution in [3.8, 4) is 0 Å². The molecule has 0 saturated carbocycles. The van der Waals surface area contributed by atoms with Gasteiger partial charge in [-0.25, -0.2) is 0 Å². The summed E-state index contributed by atoms with van der Waals surface area (Å²) in [6.45, 7) is 2.12. The standard InChI is InChI=1S/C17H18BrCl/c1-13-2-4-14(5-3-13)10-16(12-19)11-15-6-8-17(18)9-7-15/h2-9,16H,10-12H2,1H3. The Bertz CT molecular complexity index is 454. The van der Waals surface area contributed by atoms with E-state index in [-0.39, 0.29) is 0 Å². The number of aryl methyl sites for hydroxylation is 1. The van der Waals surface area contributed by atoms with Crippen molar-refractivity contribution < 1.29 is 0 Å². The summed E-state index contributed by atoms with van der Waals surface area (Å²) in [5, 5.41) is 0. The second-order valence-corrected chi connectivity index (χ2v) is 6.26. The summed E-state index contributed by atoms with van der Waals surface area (Å²) in [5.41, 5.74) is 4.02. The summed E-state index contributed by atoms with van der Waals surface area (Å²) >= 11 is 9.58. The molecule has 0 saturated heterocycles. The zero-order valence-corrected chi connectivity index (χ0v) is 13.4. The summed E-state index contributed by atoms with van der Waals surface area (Å²) < 4.78 is 1.12. The molecule has 0 spiro atoms. The molecule has 1 unspecified atom stereocenters. The van der Waals surface area contributed by atoms with Crippen molar-refractivity contribution in [1.82, 2.24) is 0 Å². The molecule has 0 aromatic heterocycles. The van der Waals surface area contributed by atoms with Gasteiger partial charge in [0.05, 0.1) is 0 Å². The second kappa shape index (κ2) is 7.12. The number of rotatable bonds is 5. The Kier molecular flexibility index (Phi) is 5.47. The topological polar surface area (TPSA) is 0 Å². The SMILES string of the molecule is Cc1ccc(CC(CCl)Cc2ccc(Br)cc2)cc1. The van der Waals surface area contributed by atoms with E-state index in [1.807, 2.05) is 0 Å². The van der Waals surface area contributed by atoms with Crippen LogP contribution in [0.25, 0.3) is 0 Å². The maximum atomic E-state index is 6.12. The van der Waals surface area contributed by atoms with E-state index < -0.39 is 0 Å². The van der Waals surface area contributed by atoms with Gasteiger partial charge in [-0.3, -0.25) is 0 Å². The van der Waals surface area contributed by atoms with Crippen LogP contribution in [-0.4, -0.2) is 5.88 Å². The van der Waals surface area contributed by atoms with Gasteiger partial charge in [-0.15, -0.1) is 11.6 Å². The van der Waals surface area contributed by atoms with Crippen LogP contribution in [0.15, 0.2) is 53.0 Å². The molecule has 0 radical (unpaired) electrons. The molecule has 19 heavy (non-hydrogen) atoms. The van der Waals surface area contributed by atoms with Crippen molar-refractivity contribution in [2.75, 3.05) is 5.88 Å². The number of benzene rings is 2. The number of hydrogen-bond acceptors (Lipinski definition) is 0. The van der Waals surface area contributed by atoms with Gasteiger partial charge in [-0.05, 0) is 48.9 Å². The quantitative estimate of drug-likeness (QED) is 0.641. The fraction of sp³-hybridized carbons (Fsp3) is 0.294. The summed E-state index contributed by atoms with van der Waals surface area (Å²) in [7, 11) is 0. The molecule has 2 aromatic carbocycles. The van der Waals surface area contributed by atoms with Gasteiger partial charge < -0.3 is 0 Å². The molecule has 2 aromatic rings. The van der Waals surface area contributed by atoms with Gasteiger partial charge in [-0.2, -0.15) is 0 Å². The minimum absolute atomic E-state index is 0.491. The van der Waals surface area contributed by atoms with Crippen LogP contribution in [0.5, 0.6) is 0 Å².